The zero-order valence-corrected chi connectivity index (χ0v) is 11.5. The lowest BCUT2D eigenvalue weighted by Gasteiger charge is -2.23. The largest absolute Gasteiger partial charge is 0.384 e. The van der Waals surface area contributed by atoms with Gasteiger partial charge in [-0.3, -0.25) is 4.90 Å². The van der Waals surface area contributed by atoms with Crippen LogP contribution in [0.15, 0.2) is 24.3 Å². The predicted molar refractivity (Wildman–Crippen MR) is 77.6 cm³/mol. The monoisotopic (exact) mass is 261 g/mol. The molecular weight excluding hydrogens is 242 g/mol. The molecule has 1 saturated heterocycles. The lowest BCUT2D eigenvalue weighted by Crippen LogP contribution is -2.30. The van der Waals surface area contributed by atoms with Crippen molar-refractivity contribution in [3.8, 4) is 11.8 Å². The maximum atomic E-state index is 8.64. The van der Waals surface area contributed by atoms with Crippen molar-refractivity contribution in [2.75, 3.05) is 25.2 Å². The molecule has 96 valence electrons. The number of aliphatic hydroxyl groups excluding tert-OH is 1. The molecule has 0 bridgehead atoms. The van der Waals surface area contributed by atoms with Gasteiger partial charge in [0.25, 0.3) is 0 Å². The molecule has 1 fully saturated rings. The molecule has 2 rings (SSSR count). The second-order valence-electron chi connectivity index (χ2n) is 4.59. The van der Waals surface area contributed by atoms with E-state index in [1.807, 2.05) is 23.9 Å². The molecule has 1 N–H and O–H groups in total. The van der Waals surface area contributed by atoms with Gasteiger partial charge in [-0.1, -0.05) is 24.0 Å². The lowest BCUT2D eigenvalue weighted by atomic mass is 10.1. The zero-order valence-electron chi connectivity index (χ0n) is 10.7. The van der Waals surface area contributed by atoms with Gasteiger partial charge in [0.15, 0.2) is 0 Å². The summed E-state index contributed by atoms with van der Waals surface area (Å²) in [4.78, 5) is 2.44. The molecule has 0 radical (unpaired) electrons. The predicted octanol–water partition coefficient (Wildman–Crippen LogP) is 1.97. The Morgan fingerprint density at radius 3 is 2.78 bits per heavy atom. The summed E-state index contributed by atoms with van der Waals surface area (Å²) in [6.45, 7) is 0.919. The van der Waals surface area contributed by atoms with Gasteiger partial charge in [-0.15, -0.1) is 0 Å². The summed E-state index contributed by atoms with van der Waals surface area (Å²) >= 11 is 2.05. The third-order valence-corrected chi connectivity index (χ3v) is 4.37. The fraction of sp³-hybridized carbons (Fsp3) is 0.467. The van der Waals surface area contributed by atoms with Gasteiger partial charge < -0.3 is 5.11 Å². The van der Waals surface area contributed by atoms with Crippen LogP contribution >= 0.6 is 11.8 Å². The molecule has 0 saturated carbocycles. The van der Waals surface area contributed by atoms with E-state index in [2.05, 4.69) is 35.9 Å². The molecule has 1 atom stereocenters. The minimum absolute atomic E-state index is 0.0795. The Kier molecular flexibility index (Phi) is 5.12. The molecule has 1 aliphatic rings. The summed E-state index contributed by atoms with van der Waals surface area (Å²) in [7, 11) is 2.20. The highest BCUT2D eigenvalue weighted by Crippen LogP contribution is 2.22. The van der Waals surface area contributed by atoms with Crippen LogP contribution in [0.3, 0.4) is 0 Å². The first kappa shape index (κ1) is 13.5. The molecule has 1 unspecified atom stereocenters. The molecule has 3 heteroatoms. The van der Waals surface area contributed by atoms with Crippen molar-refractivity contribution >= 4 is 11.8 Å². The van der Waals surface area contributed by atoms with Gasteiger partial charge in [-0.25, -0.2) is 0 Å². The highest BCUT2D eigenvalue weighted by molar-refractivity contribution is 7.99. The van der Waals surface area contributed by atoms with Gasteiger partial charge in [-0.05, 0) is 36.9 Å². The van der Waals surface area contributed by atoms with Gasteiger partial charge in [0.1, 0.15) is 6.61 Å². The minimum atomic E-state index is -0.0795. The standard InChI is InChI=1S/C15H19NOS/c1-16(15-8-10-18-12-15)11-14-6-4-13(5-7-14)3-2-9-17/h4-7,15,17H,8-12H2,1H3. The van der Waals surface area contributed by atoms with E-state index in [9.17, 15) is 0 Å². The van der Waals surface area contributed by atoms with E-state index >= 15 is 0 Å². The topological polar surface area (TPSA) is 23.5 Å². The Balaban J connectivity index is 1.93. The Morgan fingerprint density at radius 1 is 1.39 bits per heavy atom. The van der Waals surface area contributed by atoms with Crippen molar-refractivity contribution in [2.45, 2.75) is 19.0 Å². The second kappa shape index (κ2) is 6.84. The van der Waals surface area contributed by atoms with Crippen LogP contribution in [0.4, 0.5) is 0 Å². The quantitative estimate of drug-likeness (QED) is 0.842. The summed E-state index contributed by atoms with van der Waals surface area (Å²) in [6.07, 6.45) is 1.31. The van der Waals surface area contributed by atoms with Gasteiger partial charge in [-0.2, -0.15) is 11.8 Å². The van der Waals surface area contributed by atoms with Crippen LogP contribution < -0.4 is 0 Å². The first-order valence-corrected chi connectivity index (χ1v) is 7.41. The van der Waals surface area contributed by atoms with Crippen molar-refractivity contribution in [3.63, 3.8) is 0 Å². The Bertz CT molecular complexity index is 426. The van der Waals surface area contributed by atoms with E-state index in [0.29, 0.717) is 0 Å². The average Bonchev–Trinajstić information content (AvgIpc) is 2.92. The van der Waals surface area contributed by atoms with E-state index in [1.165, 1.54) is 23.5 Å². The fourth-order valence-corrected chi connectivity index (χ4v) is 3.42. The third-order valence-electron chi connectivity index (χ3n) is 3.23. The Hall–Kier alpha value is -0.950. The summed E-state index contributed by atoms with van der Waals surface area (Å²) in [5.74, 6) is 8.13. The van der Waals surface area contributed by atoms with Crippen LogP contribution in [0.5, 0.6) is 0 Å². The normalized spacial score (nSPS) is 18.7. The number of nitrogens with zero attached hydrogens (tertiary/aromatic N) is 1. The Labute approximate surface area is 113 Å². The summed E-state index contributed by atoms with van der Waals surface area (Å²) in [5.41, 5.74) is 2.29. The van der Waals surface area contributed by atoms with E-state index in [-0.39, 0.29) is 6.61 Å². The number of aliphatic hydroxyl groups is 1. The lowest BCUT2D eigenvalue weighted by molar-refractivity contribution is 0.254. The molecule has 2 nitrogen and oxygen atoms in total. The number of rotatable bonds is 3. The first-order chi connectivity index (χ1) is 8.79. The number of hydrogen-bond acceptors (Lipinski definition) is 3. The first-order valence-electron chi connectivity index (χ1n) is 6.26. The molecule has 1 aliphatic heterocycles. The van der Waals surface area contributed by atoms with E-state index in [1.54, 1.807) is 0 Å². The number of hydrogen-bond donors (Lipinski definition) is 1. The summed E-state index contributed by atoms with van der Waals surface area (Å²) in [5, 5.41) is 8.64. The summed E-state index contributed by atoms with van der Waals surface area (Å²) in [6, 6.07) is 9.02. The second-order valence-corrected chi connectivity index (χ2v) is 5.74. The van der Waals surface area contributed by atoms with Gasteiger partial charge in [0.2, 0.25) is 0 Å². The van der Waals surface area contributed by atoms with Crippen molar-refractivity contribution in [1.82, 2.24) is 4.90 Å². The molecule has 18 heavy (non-hydrogen) atoms. The average molecular weight is 261 g/mol. The van der Waals surface area contributed by atoms with E-state index in [0.717, 1.165) is 18.2 Å². The molecule has 0 spiro atoms. The van der Waals surface area contributed by atoms with Gasteiger partial charge in [0, 0.05) is 23.9 Å². The van der Waals surface area contributed by atoms with Crippen LogP contribution in [0.2, 0.25) is 0 Å². The maximum absolute atomic E-state index is 8.64. The SMILES string of the molecule is CN(Cc1ccc(C#CCO)cc1)C1CCSC1. The minimum Gasteiger partial charge on any atom is -0.384 e. The van der Waals surface area contributed by atoms with Crippen molar-refractivity contribution in [2.24, 2.45) is 0 Å². The van der Waals surface area contributed by atoms with Gasteiger partial charge >= 0.3 is 0 Å². The molecule has 1 heterocycles. The molecule has 0 aromatic heterocycles. The number of benzene rings is 1. The number of thioether (sulfide) groups is 1. The molecule has 1 aromatic carbocycles. The highest BCUT2D eigenvalue weighted by atomic mass is 32.2. The van der Waals surface area contributed by atoms with Crippen LogP contribution in [-0.2, 0) is 6.54 Å². The summed E-state index contributed by atoms with van der Waals surface area (Å²) < 4.78 is 0. The van der Waals surface area contributed by atoms with Crippen LogP contribution in [0.25, 0.3) is 0 Å². The maximum Gasteiger partial charge on any atom is 0.104 e. The van der Waals surface area contributed by atoms with Crippen molar-refractivity contribution in [1.29, 1.82) is 0 Å². The fourth-order valence-electron chi connectivity index (χ4n) is 2.12. The van der Waals surface area contributed by atoms with Crippen LogP contribution in [0, 0.1) is 11.8 Å². The molecule has 0 amide bonds. The molecule has 0 aliphatic carbocycles. The van der Waals surface area contributed by atoms with Gasteiger partial charge in [0.05, 0.1) is 0 Å². The Morgan fingerprint density at radius 2 is 2.17 bits per heavy atom. The molecular formula is C15H19NOS. The highest BCUT2D eigenvalue weighted by Gasteiger charge is 2.19. The zero-order chi connectivity index (χ0) is 12.8. The van der Waals surface area contributed by atoms with E-state index < -0.39 is 0 Å². The van der Waals surface area contributed by atoms with Crippen LogP contribution in [0.1, 0.15) is 17.5 Å². The smallest absolute Gasteiger partial charge is 0.104 e. The van der Waals surface area contributed by atoms with Crippen molar-refractivity contribution < 1.29 is 5.11 Å². The third kappa shape index (κ3) is 3.78. The van der Waals surface area contributed by atoms with Crippen molar-refractivity contribution in [3.05, 3.63) is 35.4 Å². The van der Waals surface area contributed by atoms with Crippen LogP contribution in [-0.4, -0.2) is 41.2 Å². The van der Waals surface area contributed by atoms with E-state index in [4.69, 9.17) is 5.11 Å². The molecule has 1 aromatic rings.